The van der Waals surface area contributed by atoms with Gasteiger partial charge in [-0.15, -0.1) is 0 Å². The third kappa shape index (κ3) is 7.82. The molecule has 8 atom stereocenters. The van der Waals surface area contributed by atoms with Crippen LogP contribution in [0.3, 0.4) is 0 Å². The largest absolute Gasteiger partial charge is 0.378 e. The van der Waals surface area contributed by atoms with Gasteiger partial charge in [-0.1, -0.05) is 66.5 Å². The van der Waals surface area contributed by atoms with Crippen molar-refractivity contribution in [3.05, 3.63) is 39.9 Å². The molecule has 0 N–H and O–H groups in total. The maximum absolute atomic E-state index is 15.2. The molecule has 2 aliphatic rings. The van der Waals surface area contributed by atoms with Crippen molar-refractivity contribution in [2.75, 3.05) is 25.5 Å². The molecule has 0 radical (unpaired) electrons. The second-order valence-corrected chi connectivity index (χ2v) is 15.1. The molecule has 0 saturated heterocycles. The first-order valence-corrected chi connectivity index (χ1v) is 16.3. The van der Waals surface area contributed by atoms with Crippen LogP contribution in [-0.4, -0.2) is 37.8 Å². The third-order valence-corrected chi connectivity index (χ3v) is 11.3. The molecule has 1 unspecified atom stereocenters. The van der Waals surface area contributed by atoms with Crippen molar-refractivity contribution < 1.29 is 18.5 Å². The van der Waals surface area contributed by atoms with Gasteiger partial charge in [-0.05, 0) is 78.9 Å². The van der Waals surface area contributed by atoms with Crippen LogP contribution in [-0.2, 0) is 13.6 Å². The van der Waals surface area contributed by atoms with Gasteiger partial charge in [-0.25, -0.2) is 0 Å². The molecule has 0 aromatic heterocycles. The molecule has 0 amide bonds. The lowest BCUT2D eigenvalue weighted by Crippen LogP contribution is -2.37. The van der Waals surface area contributed by atoms with Crippen LogP contribution in [0.5, 0.6) is 0 Å². The van der Waals surface area contributed by atoms with Gasteiger partial charge in [0.05, 0.1) is 12.2 Å². The molecule has 1 aromatic rings. The van der Waals surface area contributed by atoms with Crippen molar-refractivity contribution in [2.45, 2.75) is 97.9 Å². The van der Waals surface area contributed by atoms with Crippen molar-refractivity contribution in [2.24, 2.45) is 35.5 Å². The highest BCUT2D eigenvalue weighted by molar-refractivity contribution is 7.54. The van der Waals surface area contributed by atoms with Crippen molar-refractivity contribution >= 4 is 13.3 Å². The van der Waals surface area contributed by atoms with E-state index in [1.807, 2.05) is 43.3 Å². The summed E-state index contributed by atoms with van der Waals surface area (Å²) in [5, 5.41) is 12.0. The molecule has 216 valence electrons. The quantitative estimate of drug-likeness (QED) is 0.157. The van der Waals surface area contributed by atoms with Crippen LogP contribution in [0.25, 0.3) is 0 Å². The Bertz CT molecular complexity index is 912. The molecular formula is C30H51N2O5P. The van der Waals surface area contributed by atoms with E-state index in [4.69, 9.17) is 9.05 Å². The number of benzene rings is 1. The lowest BCUT2D eigenvalue weighted by Gasteiger charge is -2.43. The molecular weight excluding hydrogens is 499 g/mol. The van der Waals surface area contributed by atoms with Crippen molar-refractivity contribution in [3.8, 4) is 0 Å². The fraction of sp³-hybridized carbons (Fsp3) is 0.800. The van der Waals surface area contributed by atoms with Gasteiger partial charge in [0.2, 0.25) is 6.54 Å². The van der Waals surface area contributed by atoms with Crippen LogP contribution >= 0.6 is 7.60 Å². The number of nitrogens with zero attached hydrogens (tertiary/aromatic N) is 2. The normalized spacial score (nSPS) is 30.7. The Morgan fingerprint density at radius 2 is 1.34 bits per heavy atom. The summed E-state index contributed by atoms with van der Waals surface area (Å²) in [4.78, 5) is 13.6. The van der Waals surface area contributed by atoms with E-state index in [2.05, 4.69) is 41.5 Å². The first-order chi connectivity index (χ1) is 17.8. The first kappa shape index (κ1) is 31.1. The standard InChI is InChI=1S/C30H51N2O5P/c1-20(2)26-15-9-22(5)17-28(26)36-38(35,37-29-18-23(6)10-16-27(29)21(3)4)30(19-32(33)34)24-11-13-25(14-12-24)31(7)8/h11-14,20-23,26-30H,9-10,15-19H2,1-8H3/t22-,23-,26-,27+,28-,29-,30+,38?/m1/s1. The van der Waals surface area contributed by atoms with Gasteiger partial charge in [0, 0.05) is 24.7 Å². The third-order valence-electron chi connectivity index (χ3n) is 8.99. The summed E-state index contributed by atoms with van der Waals surface area (Å²) in [5.41, 5.74) is 0.668. The van der Waals surface area contributed by atoms with E-state index in [9.17, 15) is 10.1 Å². The maximum Gasteiger partial charge on any atom is 0.345 e. The summed E-state index contributed by atoms with van der Waals surface area (Å²) in [7, 11) is -0.0403. The average Bonchev–Trinajstić information content (AvgIpc) is 2.82. The molecule has 38 heavy (non-hydrogen) atoms. The Morgan fingerprint density at radius 3 is 1.71 bits per heavy atom. The zero-order valence-corrected chi connectivity index (χ0v) is 25.7. The van der Waals surface area contributed by atoms with Crippen LogP contribution in [0.2, 0.25) is 0 Å². The molecule has 2 aliphatic carbocycles. The lowest BCUT2D eigenvalue weighted by molar-refractivity contribution is -0.480. The summed E-state index contributed by atoms with van der Waals surface area (Å²) >= 11 is 0. The Hall–Kier alpha value is -1.43. The first-order valence-electron chi connectivity index (χ1n) is 14.7. The number of hydrogen-bond acceptors (Lipinski definition) is 6. The summed E-state index contributed by atoms with van der Waals surface area (Å²) in [6.45, 7) is 12.7. The minimum atomic E-state index is -3.94. The van der Waals surface area contributed by atoms with E-state index >= 15 is 4.57 Å². The molecule has 3 rings (SSSR count). The Morgan fingerprint density at radius 1 is 0.895 bits per heavy atom. The number of hydrogen-bond donors (Lipinski definition) is 0. The highest BCUT2D eigenvalue weighted by Gasteiger charge is 2.48. The molecule has 2 saturated carbocycles. The number of nitro groups is 1. The van der Waals surface area contributed by atoms with Crippen LogP contribution in [0.4, 0.5) is 5.69 Å². The van der Waals surface area contributed by atoms with Gasteiger partial charge in [0.1, 0.15) is 0 Å². The van der Waals surface area contributed by atoms with E-state index in [-0.39, 0.29) is 29.0 Å². The smallest absolute Gasteiger partial charge is 0.345 e. The van der Waals surface area contributed by atoms with Gasteiger partial charge in [-0.2, -0.15) is 0 Å². The molecule has 1 aromatic carbocycles. The second-order valence-electron chi connectivity index (χ2n) is 13.0. The van der Waals surface area contributed by atoms with E-state index in [1.165, 1.54) is 0 Å². The maximum atomic E-state index is 15.2. The van der Waals surface area contributed by atoms with Crippen molar-refractivity contribution in [1.29, 1.82) is 0 Å². The summed E-state index contributed by atoms with van der Waals surface area (Å²) < 4.78 is 28.6. The van der Waals surface area contributed by atoms with E-state index in [0.717, 1.165) is 44.2 Å². The summed E-state index contributed by atoms with van der Waals surface area (Å²) in [5.74, 6) is 2.15. The highest BCUT2D eigenvalue weighted by atomic mass is 31.2. The van der Waals surface area contributed by atoms with Gasteiger partial charge in [0.25, 0.3) is 0 Å². The topological polar surface area (TPSA) is 81.9 Å². The van der Waals surface area contributed by atoms with Gasteiger partial charge in [-0.3, -0.25) is 14.7 Å². The van der Waals surface area contributed by atoms with Gasteiger partial charge >= 0.3 is 7.60 Å². The molecule has 0 spiro atoms. The van der Waals surface area contributed by atoms with Crippen LogP contribution < -0.4 is 4.90 Å². The SMILES string of the molecule is CC(C)[C@H]1CC[C@@H](C)C[C@H]1OP(=O)(O[C@@H]1C[C@H](C)CC[C@H]1C(C)C)[C@@H](C[N+](=O)[O-])c1ccc(N(C)C)cc1. The van der Waals surface area contributed by atoms with Gasteiger partial charge < -0.3 is 13.9 Å². The fourth-order valence-electron chi connectivity index (χ4n) is 6.54. The number of rotatable bonds is 11. The number of anilines is 1. The second kappa shape index (κ2) is 13.3. The molecule has 2 fully saturated rings. The molecule has 0 aliphatic heterocycles. The molecule has 0 heterocycles. The summed E-state index contributed by atoms with van der Waals surface area (Å²) in [6.07, 6.45) is 5.38. The highest BCUT2D eigenvalue weighted by Crippen LogP contribution is 2.65. The molecule has 0 bridgehead atoms. The zero-order chi connectivity index (χ0) is 28.2. The van der Waals surface area contributed by atoms with Crippen LogP contribution in [0, 0.1) is 45.6 Å². The summed E-state index contributed by atoms with van der Waals surface area (Å²) in [6, 6.07) is 7.56. The van der Waals surface area contributed by atoms with Crippen molar-refractivity contribution in [1.82, 2.24) is 0 Å². The monoisotopic (exact) mass is 550 g/mol. The predicted octanol–water partition coefficient (Wildman–Crippen LogP) is 8.22. The minimum absolute atomic E-state index is 0.238. The van der Waals surface area contributed by atoms with Crippen LogP contribution in [0.1, 0.15) is 91.3 Å². The van der Waals surface area contributed by atoms with Crippen molar-refractivity contribution in [3.63, 3.8) is 0 Å². The Labute approximate surface area is 230 Å². The Kier molecular flexibility index (Phi) is 10.9. The minimum Gasteiger partial charge on any atom is -0.378 e. The van der Waals surface area contributed by atoms with E-state index in [0.29, 0.717) is 29.2 Å². The van der Waals surface area contributed by atoms with Gasteiger partial charge in [0.15, 0.2) is 5.66 Å². The predicted molar refractivity (Wildman–Crippen MR) is 155 cm³/mol. The lowest BCUT2D eigenvalue weighted by atomic mass is 9.75. The zero-order valence-electron chi connectivity index (χ0n) is 24.8. The Balaban J connectivity index is 2.07. The molecule has 8 heteroatoms. The fourth-order valence-corrected chi connectivity index (χ4v) is 9.00. The van der Waals surface area contributed by atoms with Crippen LogP contribution in [0.15, 0.2) is 24.3 Å². The van der Waals surface area contributed by atoms with E-state index < -0.39 is 19.8 Å². The average molecular weight is 551 g/mol. The van der Waals surface area contributed by atoms with E-state index in [1.54, 1.807) is 0 Å². The molecule has 7 nitrogen and oxygen atoms in total.